The third-order valence-electron chi connectivity index (χ3n) is 4.43. The van der Waals surface area contributed by atoms with Crippen molar-refractivity contribution in [2.45, 2.75) is 45.4 Å². The smallest absolute Gasteiger partial charge is 0.119 e. The van der Waals surface area contributed by atoms with E-state index in [1.807, 2.05) is 57.2 Å². The Hall–Kier alpha value is -2.20. The third kappa shape index (κ3) is 4.67. The van der Waals surface area contributed by atoms with Crippen LogP contribution in [0.1, 0.15) is 38.8 Å². The summed E-state index contributed by atoms with van der Waals surface area (Å²) in [6.45, 7) is 7.97. The zero-order valence-electron chi connectivity index (χ0n) is 15.3. The molecule has 3 rings (SSSR count). The van der Waals surface area contributed by atoms with Crippen LogP contribution in [0.5, 0.6) is 11.5 Å². The van der Waals surface area contributed by atoms with Gasteiger partial charge in [-0.1, -0.05) is 12.1 Å². The topological polar surface area (TPSA) is 47.7 Å². The van der Waals surface area contributed by atoms with E-state index in [4.69, 9.17) is 15.2 Å². The molecular weight excluding hydrogens is 312 g/mol. The molecule has 0 saturated carbocycles. The Balaban J connectivity index is 1.56. The van der Waals surface area contributed by atoms with E-state index in [2.05, 4.69) is 17.0 Å². The number of rotatable bonds is 6. The minimum Gasteiger partial charge on any atom is -0.491 e. The van der Waals surface area contributed by atoms with Crippen molar-refractivity contribution in [2.24, 2.45) is 5.73 Å². The number of hydrogen-bond acceptors (Lipinski definition) is 4. The molecule has 2 N–H and O–H groups in total. The van der Waals surface area contributed by atoms with Crippen LogP contribution in [0.4, 0.5) is 5.69 Å². The van der Waals surface area contributed by atoms with E-state index in [0.717, 1.165) is 36.6 Å². The normalized spacial score (nSPS) is 18.4. The molecule has 2 aromatic rings. The van der Waals surface area contributed by atoms with Gasteiger partial charge >= 0.3 is 0 Å². The van der Waals surface area contributed by atoms with E-state index in [1.54, 1.807) is 0 Å². The fourth-order valence-corrected chi connectivity index (χ4v) is 3.11. The third-order valence-corrected chi connectivity index (χ3v) is 4.43. The number of benzene rings is 2. The Morgan fingerprint density at radius 1 is 0.960 bits per heavy atom. The molecule has 2 atom stereocenters. The van der Waals surface area contributed by atoms with E-state index < -0.39 is 0 Å². The van der Waals surface area contributed by atoms with Gasteiger partial charge in [0.05, 0.1) is 12.6 Å². The molecule has 0 aromatic heterocycles. The summed E-state index contributed by atoms with van der Waals surface area (Å²) in [5, 5.41) is 0. The highest BCUT2D eigenvalue weighted by Gasteiger charge is 2.24. The zero-order chi connectivity index (χ0) is 17.8. The first-order chi connectivity index (χ1) is 12.0. The second-order valence-electron chi connectivity index (χ2n) is 6.99. The van der Waals surface area contributed by atoms with Crippen molar-refractivity contribution < 1.29 is 9.47 Å². The molecule has 134 valence electrons. The number of nitrogens with zero attached hydrogens (tertiary/aromatic N) is 1. The first-order valence-electron chi connectivity index (χ1n) is 9.05. The van der Waals surface area contributed by atoms with Crippen molar-refractivity contribution >= 4 is 5.69 Å². The monoisotopic (exact) mass is 340 g/mol. The van der Waals surface area contributed by atoms with Gasteiger partial charge in [-0.15, -0.1) is 0 Å². The minimum absolute atomic E-state index is 0.0543. The second-order valence-corrected chi connectivity index (χ2v) is 6.99. The first-order valence-corrected chi connectivity index (χ1v) is 9.05. The Labute approximate surface area is 150 Å². The summed E-state index contributed by atoms with van der Waals surface area (Å²) in [5.41, 5.74) is 8.24. The molecule has 1 aliphatic heterocycles. The summed E-state index contributed by atoms with van der Waals surface area (Å²) in [6, 6.07) is 16.5. The summed E-state index contributed by atoms with van der Waals surface area (Å²) in [6.07, 6.45) is 1.44. The van der Waals surface area contributed by atoms with Crippen LogP contribution in [0, 0.1) is 0 Å². The van der Waals surface area contributed by atoms with Gasteiger partial charge in [0.1, 0.15) is 17.6 Å². The maximum absolute atomic E-state index is 6.13. The van der Waals surface area contributed by atoms with Crippen molar-refractivity contribution in [3.05, 3.63) is 54.1 Å². The average Bonchev–Trinajstić information content (AvgIpc) is 3.04. The highest BCUT2D eigenvalue weighted by atomic mass is 16.5. The van der Waals surface area contributed by atoms with Crippen molar-refractivity contribution in [1.82, 2.24) is 0 Å². The lowest BCUT2D eigenvalue weighted by molar-refractivity contribution is 0.225. The molecule has 1 saturated heterocycles. The van der Waals surface area contributed by atoms with Gasteiger partial charge in [0, 0.05) is 24.7 Å². The van der Waals surface area contributed by atoms with Crippen molar-refractivity contribution in [3.63, 3.8) is 0 Å². The van der Waals surface area contributed by atoms with Gasteiger partial charge in [0.25, 0.3) is 0 Å². The predicted octanol–water partition coefficient (Wildman–Crippen LogP) is 4.15. The van der Waals surface area contributed by atoms with Crippen LogP contribution in [0.3, 0.4) is 0 Å². The molecule has 25 heavy (non-hydrogen) atoms. The summed E-state index contributed by atoms with van der Waals surface area (Å²) in [5.74, 6) is 1.83. The number of nitrogens with two attached hydrogens (primary N) is 1. The predicted molar refractivity (Wildman–Crippen MR) is 102 cm³/mol. The van der Waals surface area contributed by atoms with Gasteiger partial charge in [-0.3, -0.25) is 0 Å². The molecule has 0 amide bonds. The van der Waals surface area contributed by atoms with E-state index in [9.17, 15) is 0 Å². The van der Waals surface area contributed by atoms with Gasteiger partial charge in [-0.2, -0.15) is 0 Å². The molecule has 0 bridgehead atoms. The lowest BCUT2D eigenvalue weighted by Gasteiger charge is -2.20. The second kappa shape index (κ2) is 7.79. The standard InChI is InChI=1S/C21H28N2O2/c1-15(2)24-19-10-6-18(7-11-19)23-13-12-21(14-23)25-20-8-4-17(5-9-20)16(3)22/h4-11,15-16,21H,12-14,22H2,1-3H3/t16-,21?/m0/s1. The van der Waals surface area contributed by atoms with E-state index in [1.165, 1.54) is 5.69 Å². The molecule has 4 nitrogen and oxygen atoms in total. The number of anilines is 1. The molecule has 1 fully saturated rings. The fraction of sp³-hybridized carbons (Fsp3) is 0.429. The molecule has 2 aromatic carbocycles. The van der Waals surface area contributed by atoms with Crippen LogP contribution in [-0.2, 0) is 0 Å². The van der Waals surface area contributed by atoms with Crippen LogP contribution in [0.15, 0.2) is 48.5 Å². The lowest BCUT2D eigenvalue weighted by atomic mass is 10.1. The number of hydrogen-bond donors (Lipinski definition) is 1. The maximum atomic E-state index is 6.13. The van der Waals surface area contributed by atoms with Gasteiger partial charge in [0.15, 0.2) is 0 Å². The van der Waals surface area contributed by atoms with Gasteiger partial charge in [0.2, 0.25) is 0 Å². The van der Waals surface area contributed by atoms with Gasteiger partial charge in [-0.05, 0) is 62.7 Å². The fourth-order valence-electron chi connectivity index (χ4n) is 3.11. The molecule has 4 heteroatoms. The summed E-state index contributed by atoms with van der Waals surface area (Å²) in [4.78, 5) is 2.36. The molecule has 1 unspecified atom stereocenters. The van der Waals surface area contributed by atoms with Gasteiger partial charge < -0.3 is 20.1 Å². The SMILES string of the molecule is CC(C)Oc1ccc(N2CCC(Oc3ccc([C@H](C)N)cc3)C2)cc1. The van der Waals surface area contributed by atoms with Crippen LogP contribution in [0.2, 0.25) is 0 Å². The molecule has 0 spiro atoms. The summed E-state index contributed by atoms with van der Waals surface area (Å²) < 4.78 is 11.8. The van der Waals surface area contributed by atoms with Crippen LogP contribution in [0.25, 0.3) is 0 Å². The quantitative estimate of drug-likeness (QED) is 0.858. The van der Waals surface area contributed by atoms with Gasteiger partial charge in [-0.25, -0.2) is 0 Å². The van der Waals surface area contributed by atoms with E-state index in [-0.39, 0.29) is 18.2 Å². The van der Waals surface area contributed by atoms with Crippen LogP contribution >= 0.6 is 0 Å². The van der Waals surface area contributed by atoms with E-state index >= 15 is 0 Å². The minimum atomic E-state index is 0.0543. The van der Waals surface area contributed by atoms with Crippen LogP contribution in [-0.4, -0.2) is 25.3 Å². The molecule has 0 radical (unpaired) electrons. The Kier molecular flexibility index (Phi) is 5.49. The van der Waals surface area contributed by atoms with Crippen LogP contribution < -0.4 is 20.1 Å². The maximum Gasteiger partial charge on any atom is 0.119 e. The molecule has 1 heterocycles. The van der Waals surface area contributed by atoms with Crippen molar-refractivity contribution in [2.75, 3.05) is 18.0 Å². The molecule has 1 aliphatic rings. The summed E-state index contributed by atoms with van der Waals surface area (Å²) in [7, 11) is 0. The largest absolute Gasteiger partial charge is 0.491 e. The Morgan fingerprint density at radius 3 is 2.20 bits per heavy atom. The lowest BCUT2D eigenvalue weighted by Crippen LogP contribution is -2.24. The van der Waals surface area contributed by atoms with E-state index in [0.29, 0.717) is 0 Å². The van der Waals surface area contributed by atoms with Crippen molar-refractivity contribution in [3.8, 4) is 11.5 Å². The first kappa shape index (κ1) is 17.6. The van der Waals surface area contributed by atoms with Crippen molar-refractivity contribution in [1.29, 1.82) is 0 Å². The summed E-state index contributed by atoms with van der Waals surface area (Å²) >= 11 is 0. The Bertz CT molecular complexity index is 665. The molecule has 0 aliphatic carbocycles. The number of ether oxygens (including phenoxy) is 2. The highest BCUT2D eigenvalue weighted by molar-refractivity contribution is 5.50. The zero-order valence-corrected chi connectivity index (χ0v) is 15.3. The average molecular weight is 340 g/mol. The Morgan fingerprint density at radius 2 is 1.60 bits per heavy atom. The highest BCUT2D eigenvalue weighted by Crippen LogP contribution is 2.26. The molecular formula is C21H28N2O2.